The van der Waals surface area contributed by atoms with E-state index in [-0.39, 0.29) is 17.7 Å². The Morgan fingerprint density at radius 2 is 1.91 bits per heavy atom. The van der Waals surface area contributed by atoms with Crippen LogP contribution in [0.15, 0.2) is 30.3 Å². The molecule has 0 aromatic heterocycles. The van der Waals surface area contributed by atoms with Crippen LogP contribution in [0.4, 0.5) is 0 Å². The summed E-state index contributed by atoms with van der Waals surface area (Å²) in [7, 11) is 0. The Labute approximate surface area is 132 Å². The summed E-state index contributed by atoms with van der Waals surface area (Å²) in [5.74, 6) is 0.987. The first-order valence-electron chi connectivity index (χ1n) is 8.53. The van der Waals surface area contributed by atoms with Gasteiger partial charge in [-0.15, -0.1) is 0 Å². The van der Waals surface area contributed by atoms with Crippen LogP contribution in [-0.4, -0.2) is 54.5 Å². The minimum absolute atomic E-state index is 0.0479. The SMILES string of the molecule is NC(=O)[C@@H]1CN2CCN(CC3CC3)C[C@@H]2[C@H]1c1ccccc1. The molecule has 3 fully saturated rings. The van der Waals surface area contributed by atoms with Gasteiger partial charge in [0.15, 0.2) is 0 Å². The standard InChI is InChI=1S/C18H25N3O/c19-18(22)15-11-21-9-8-20(10-13-6-7-13)12-16(21)17(15)14-4-2-1-3-5-14/h1-5,13,15-17H,6-12H2,(H2,19,22)/t15-,16-,17+/m1/s1. The first-order valence-corrected chi connectivity index (χ1v) is 8.53. The van der Waals surface area contributed by atoms with E-state index in [1.807, 2.05) is 6.07 Å². The minimum Gasteiger partial charge on any atom is -0.369 e. The van der Waals surface area contributed by atoms with Gasteiger partial charge in [-0.2, -0.15) is 0 Å². The number of fused-ring (bicyclic) bond motifs is 1. The third kappa shape index (κ3) is 2.66. The third-order valence-electron chi connectivity index (χ3n) is 5.66. The Hall–Kier alpha value is -1.39. The zero-order valence-electron chi connectivity index (χ0n) is 13.0. The minimum atomic E-state index is -0.142. The highest BCUT2D eigenvalue weighted by molar-refractivity contribution is 5.78. The molecule has 2 N–H and O–H groups in total. The van der Waals surface area contributed by atoms with Crippen LogP contribution in [0.2, 0.25) is 0 Å². The molecule has 0 unspecified atom stereocenters. The molecule has 0 bridgehead atoms. The molecule has 4 heteroatoms. The molecule has 3 aliphatic rings. The summed E-state index contributed by atoms with van der Waals surface area (Å²) in [4.78, 5) is 17.1. The van der Waals surface area contributed by atoms with Crippen molar-refractivity contribution in [3.8, 4) is 0 Å². The first kappa shape index (κ1) is 14.2. The maximum Gasteiger partial charge on any atom is 0.222 e. The summed E-state index contributed by atoms with van der Waals surface area (Å²) in [6, 6.07) is 10.9. The number of carbonyl (C=O) groups excluding carboxylic acids is 1. The normalized spacial score (nSPS) is 32.8. The molecule has 1 saturated carbocycles. The van der Waals surface area contributed by atoms with E-state index in [1.165, 1.54) is 24.9 Å². The Balaban J connectivity index is 1.58. The van der Waals surface area contributed by atoms with Crippen molar-refractivity contribution < 1.29 is 4.79 Å². The zero-order valence-corrected chi connectivity index (χ0v) is 13.0. The fourth-order valence-corrected chi connectivity index (χ4v) is 4.34. The van der Waals surface area contributed by atoms with Gasteiger partial charge in [0.2, 0.25) is 5.91 Å². The van der Waals surface area contributed by atoms with Gasteiger partial charge in [0.05, 0.1) is 5.92 Å². The predicted octanol–water partition coefficient (Wildman–Crippen LogP) is 1.28. The number of hydrogen-bond acceptors (Lipinski definition) is 3. The second-order valence-electron chi connectivity index (χ2n) is 7.21. The van der Waals surface area contributed by atoms with Crippen LogP contribution in [0.3, 0.4) is 0 Å². The number of nitrogens with two attached hydrogens (primary N) is 1. The molecule has 2 aliphatic heterocycles. The highest BCUT2D eigenvalue weighted by Crippen LogP contribution is 2.40. The van der Waals surface area contributed by atoms with E-state index in [2.05, 4.69) is 34.1 Å². The summed E-state index contributed by atoms with van der Waals surface area (Å²) in [6.45, 7) is 5.37. The van der Waals surface area contributed by atoms with Crippen molar-refractivity contribution in [2.45, 2.75) is 24.8 Å². The fourth-order valence-electron chi connectivity index (χ4n) is 4.34. The van der Waals surface area contributed by atoms with Crippen molar-refractivity contribution in [1.82, 2.24) is 9.80 Å². The summed E-state index contributed by atoms with van der Waals surface area (Å²) >= 11 is 0. The number of benzene rings is 1. The molecular weight excluding hydrogens is 274 g/mol. The Morgan fingerprint density at radius 1 is 1.14 bits per heavy atom. The topological polar surface area (TPSA) is 49.6 Å². The van der Waals surface area contributed by atoms with E-state index in [1.54, 1.807) is 0 Å². The highest BCUT2D eigenvalue weighted by Gasteiger charge is 2.47. The lowest BCUT2D eigenvalue weighted by Gasteiger charge is -2.39. The monoisotopic (exact) mass is 299 g/mol. The maximum atomic E-state index is 12.0. The van der Waals surface area contributed by atoms with Gasteiger partial charge in [-0.3, -0.25) is 9.69 Å². The molecule has 4 rings (SSSR count). The number of nitrogens with zero attached hydrogens (tertiary/aromatic N) is 2. The Morgan fingerprint density at radius 3 is 2.59 bits per heavy atom. The van der Waals surface area contributed by atoms with Crippen molar-refractivity contribution in [2.24, 2.45) is 17.6 Å². The number of primary amides is 1. The maximum absolute atomic E-state index is 12.0. The van der Waals surface area contributed by atoms with Crippen molar-refractivity contribution in [3.05, 3.63) is 35.9 Å². The van der Waals surface area contributed by atoms with E-state index in [9.17, 15) is 4.79 Å². The lowest BCUT2D eigenvalue weighted by atomic mass is 9.83. The number of amides is 1. The van der Waals surface area contributed by atoms with E-state index >= 15 is 0 Å². The molecule has 1 amide bonds. The van der Waals surface area contributed by atoms with Gasteiger partial charge in [-0.05, 0) is 24.3 Å². The molecule has 1 aromatic rings. The van der Waals surface area contributed by atoms with E-state index < -0.39 is 0 Å². The molecular formula is C18H25N3O. The summed E-state index contributed by atoms with van der Waals surface area (Å²) < 4.78 is 0. The summed E-state index contributed by atoms with van der Waals surface area (Å²) in [5.41, 5.74) is 7.00. The van der Waals surface area contributed by atoms with Gasteiger partial charge in [0.1, 0.15) is 0 Å². The molecule has 1 aromatic carbocycles. The Kier molecular flexibility index (Phi) is 3.66. The molecule has 0 radical (unpaired) electrons. The molecule has 3 atom stereocenters. The van der Waals surface area contributed by atoms with Gasteiger partial charge in [0.25, 0.3) is 0 Å². The van der Waals surface area contributed by atoms with Gasteiger partial charge in [-0.25, -0.2) is 0 Å². The van der Waals surface area contributed by atoms with Crippen molar-refractivity contribution >= 4 is 5.91 Å². The number of piperazine rings is 1. The number of rotatable bonds is 4. The molecule has 2 saturated heterocycles. The quantitative estimate of drug-likeness (QED) is 0.911. The number of carbonyl (C=O) groups is 1. The van der Waals surface area contributed by atoms with Crippen LogP contribution in [0, 0.1) is 11.8 Å². The zero-order chi connectivity index (χ0) is 15.1. The highest BCUT2D eigenvalue weighted by atomic mass is 16.1. The van der Waals surface area contributed by atoms with Crippen LogP contribution in [0.1, 0.15) is 24.3 Å². The van der Waals surface area contributed by atoms with E-state index in [4.69, 9.17) is 5.73 Å². The molecule has 2 heterocycles. The average Bonchev–Trinajstić information content (AvgIpc) is 3.25. The van der Waals surface area contributed by atoms with Crippen molar-refractivity contribution in [1.29, 1.82) is 0 Å². The van der Waals surface area contributed by atoms with Crippen molar-refractivity contribution in [3.63, 3.8) is 0 Å². The molecule has 22 heavy (non-hydrogen) atoms. The van der Waals surface area contributed by atoms with E-state index in [0.29, 0.717) is 6.04 Å². The second-order valence-corrected chi connectivity index (χ2v) is 7.21. The molecule has 4 nitrogen and oxygen atoms in total. The summed E-state index contributed by atoms with van der Waals surface area (Å²) in [6.07, 6.45) is 2.80. The van der Waals surface area contributed by atoms with Crippen LogP contribution >= 0.6 is 0 Å². The van der Waals surface area contributed by atoms with Gasteiger partial charge >= 0.3 is 0 Å². The number of hydrogen-bond donors (Lipinski definition) is 1. The van der Waals surface area contributed by atoms with Gasteiger partial charge in [0, 0.05) is 44.7 Å². The van der Waals surface area contributed by atoms with Gasteiger partial charge < -0.3 is 10.6 Å². The smallest absolute Gasteiger partial charge is 0.222 e. The molecule has 0 spiro atoms. The lowest BCUT2D eigenvalue weighted by Crippen LogP contribution is -2.51. The average molecular weight is 299 g/mol. The first-order chi connectivity index (χ1) is 10.7. The third-order valence-corrected chi connectivity index (χ3v) is 5.66. The van der Waals surface area contributed by atoms with E-state index in [0.717, 1.165) is 32.1 Å². The lowest BCUT2D eigenvalue weighted by molar-refractivity contribution is -0.121. The van der Waals surface area contributed by atoms with Gasteiger partial charge in [-0.1, -0.05) is 30.3 Å². The summed E-state index contributed by atoms with van der Waals surface area (Å²) in [5, 5.41) is 0. The predicted molar refractivity (Wildman–Crippen MR) is 86.4 cm³/mol. The molecule has 1 aliphatic carbocycles. The Bertz CT molecular complexity index is 543. The fraction of sp³-hybridized carbons (Fsp3) is 0.611. The molecule has 118 valence electrons. The van der Waals surface area contributed by atoms with Crippen LogP contribution < -0.4 is 5.73 Å². The van der Waals surface area contributed by atoms with Crippen LogP contribution in [0.5, 0.6) is 0 Å². The second kappa shape index (κ2) is 5.67. The van der Waals surface area contributed by atoms with Crippen LogP contribution in [-0.2, 0) is 4.79 Å². The van der Waals surface area contributed by atoms with Crippen LogP contribution in [0.25, 0.3) is 0 Å². The van der Waals surface area contributed by atoms with Crippen molar-refractivity contribution in [2.75, 3.05) is 32.7 Å². The largest absolute Gasteiger partial charge is 0.369 e.